The first kappa shape index (κ1) is 12.3. The second-order valence-corrected chi connectivity index (χ2v) is 5.47. The van der Waals surface area contributed by atoms with Gasteiger partial charge < -0.3 is 4.42 Å². The number of hydrogen-bond acceptors (Lipinski definition) is 3. The van der Waals surface area contributed by atoms with Gasteiger partial charge in [0.15, 0.2) is 0 Å². The summed E-state index contributed by atoms with van der Waals surface area (Å²) in [6.45, 7) is 3.92. The molecule has 0 amide bonds. The van der Waals surface area contributed by atoms with Gasteiger partial charge in [-0.1, -0.05) is 54.2 Å². The van der Waals surface area contributed by atoms with E-state index in [4.69, 9.17) is 4.42 Å². The van der Waals surface area contributed by atoms with Crippen LogP contribution in [0.1, 0.15) is 17.0 Å². The number of fused-ring (bicyclic) bond motifs is 1. The second kappa shape index (κ2) is 5.10. The Hall–Kier alpha value is -1.74. The number of aryl methyl sites for hydroxylation is 2. The third kappa shape index (κ3) is 2.51. The molecule has 1 aromatic heterocycles. The highest BCUT2D eigenvalue weighted by Gasteiger charge is 2.07. The molecule has 0 atom stereocenters. The standard InChI is InChI=1S/C16H15NOS/c1-11-12(2)18-16(17-11)19-10-14-8-5-7-13-6-3-4-9-15(13)14/h3-9H,10H2,1-2H3. The average molecular weight is 269 g/mol. The van der Waals surface area contributed by atoms with Gasteiger partial charge in [-0.15, -0.1) is 0 Å². The Morgan fingerprint density at radius 1 is 1.05 bits per heavy atom. The Bertz CT molecular complexity index is 693. The number of oxazole rings is 1. The molecule has 3 aromatic rings. The lowest BCUT2D eigenvalue weighted by atomic mass is 10.1. The van der Waals surface area contributed by atoms with E-state index in [0.717, 1.165) is 22.4 Å². The number of thioether (sulfide) groups is 1. The first-order chi connectivity index (χ1) is 9.24. The minimum absolute atomic E-state index is 0.753. The smallest absolute Gasteiger partial charge is 0.256 e. The van der Waals surface area contributed by atoms with Gasteiger partial charge in [-0.2, -0.15) is 0 Å². The first-order valence-corrected chi connectivity index (χ1v) is 7.26. The van der Waals surface area contributed by atoms with Crippen molar-refractivity contribution in [3.8, 4) is 0 Å². The molecule has 0 saturated carbocycles. The van der Waals surface area contributed by atoms with Crippen LogP contribution in [-0.2, 0) is 5.75 Å². The molecule has 0 unspecified atom stereocenters. The summed E-state index contributed by atoms with van der Waals surface area (Å²) >= 11 is 1.65. The van der Waals surface area contributed by atoms with Crippen LogP contribution in [0.5, 0.6) is 0 Å². The van der Waals surface area contributed by atoms with Gasteiger partial charge in [-0.25, -0.2) is 4.98 Å². The monoisotopic (exact) mass is 269 g/mol. The van der Waals surface area contributed by atoms with Crippen LogP contribution >= 0.6 is 11.8 Å². The highest BCUT2D eigenvalue weighted by atomic mass is 32.2. The quantitative estimate of drug-likeness (QED) is 0.642. The molecule has 0 aliphatic heterocycles. The summed E-state index contributed by atoms with van der Waals surface area (Å²) in [5.74, 6) is 1.78. The molecule has 0 N–H and O–H groups in total. The Kier molecular flexibility index (Phi) is 3.30. The number of nitrogens with zero attached hydrogens (tertiary/aromatic N) is 1. The topological polar surface area (TPSA) is 26.0 Å². The van der Waals surface area contributed by atoms with Crippen molar-refractivity contribution in [1.29, 1.82) is 0 Å². The SMILES string of the molecule is Cc1nc(SCc2cccc3ccccc23)oc1C. The van der Waals surface area contributed by atoms with Crippen LogP contribution in [0.4, 0.5) is 0 Å². The lowest BCUT2D eigenvalue weighted by Crippen LogP contribution is -1.84. The molecular formula is C16H15NOS. The van der Waals surface area contributed by atoms with E-state index in [9.17, 15) is 0 Å². The van der Waals surface area contributed by atoms with E-state index in [2.05, 4.69) is 47.4 Å². The molecule has 96 valence electrons. The highest BCUT2D eigenvalue weighted by molar-refractivity contribution is 7.98. The van der Waals surface area contributed by atoms with Crippen molar-refractivity contribution < 1.29 is 4.42 Å². The fraction of sp³-hybridized carbons (Fsp3) is 0.188. The lowest BCUT2D eigenvalue weighted by molar-refractivity contribution is 0.431. The van der Waals surface area contributed by atoms with Crippen molar-refractivity contribution in [3.63, 3.8) is 0 Å². The molecule has 19 heavy (non-hydrogen) atoms. The van der Waals surface area contributed by atoms with Crippen molar-refractivity contribution in [2.75, 3.05) is 0 Å². The van der Waals surface area contributed by atoms with Gasteiger partial charge in [0.1, 0.15) is 5.76 Å². The van der Waals surface area contributed by atoms with Gasteiger partial charge in [-0.05, 0) is 30.2 Å². The lowest BCUT2D eigenvalue weighted by Gasteiger charge is -2.04. The highest BCUT2D eigenvalue weighted by Crippen LogP contribution is 2.27. The average Bonchev–Trinajstić information content (AvgIpc) is 2.75. The first-order valence-electron chi connectivity index (χ1n) is 6.27. The summed E-state index contributed by atoms with van der Waals surface area (Å²) in [4.78, 5) is 4.40. The van der Waals surface area contributed by atoms with Crippen molar-refractivity contribution in [3.05, 3.63) is 59.5 Å². The van der Waals surface area contributed by atoms with Gasteiger partial charge >= 0.3 is 0 Å². The van der Waals surface area contributed by atoms with Gasteiger partial charge in [0.05, 0.1) is 5.69 Å². The molecule has 2 aromatic carbocycles. The van der Waals surface area contributed by atoms with Gasteiger partial charge in [0.25, 0.3) is 5.22 Å². The largest absolute Gasteiger partial charge is 0.437 e. The second-order valence-electron chi connectivity index (χ2n) is 4.55. The van der Waals surface area contributed by atoms with Gasteiger partial charge in [-0.3, -0.25) is 0 Å². The van der Waals surface area contributed by atoms with E-state index in [1.165, 1.54) is 16.3 Å². The summed E-state index contributed by atoms with van der Waals surface area (Å²) in [6.07, 6.45) is 0. The van der Waals surface area contributed by atoms with Crippen LogP contribution < -0.4 is 0 Å². The number of rotatable bonds is 3. The molecule has 0 spiro atoms. The maximum Gasteiger partial charge on any atom is 0.256 e. The maximum atomic E-state index is 5.60. The maximum absolute atomic E-state index is 5.60. The van der Waals surface area contributed by atoms with E-state index >= 15 is 0 Å². The molecule has 3 rings (SSSR count). The fourth-order valence-corrected chi connectivity index (χ4v) is 2.98. The Balaban J connectivity index is 1.85. The minimum Gasteiger partial charge on any atom is -0.437 e. The molecule has 0 fully saturated rings. The molecule has 0 aliphatic rings. The number of aromatic nitrogens is 1. The molecule has 1 heterocycles. The molecule has 0 radical (unpaired) electrons. The molecule has 0 bridgehead atoms. The zero-order valence-electron chi connectivity index (χ0n) is 11.0. The van der Waals surface area contributed by atoms with E-state index in [1.807, 2.05) is 13.8 Å². The number of hydrogen-bond donors (Lipinski definition) is 0. The number of benzene rings is 2. The molecule has 2 nitrogen and oxygen atoms in total. The van der Waals surface area contributed by atoms with Gasteiger partial charge in [0, 0.05) is 5.75 Å². The van der Waals surface area contributed by atoms with Crippen LogP contribution in [-0.4, -0.2) is 4.98 Å². The Labute approximate surface area is 116 Å². The summed E-state index contributed by atoms with van der Waals surface area (Å²) < 4.78 is 5.60. The van der Waals surface area contributed by atoms with Crippen molar-refractivity contribution in [1.82, 2.24) is 4.98 Å². The predicted molar refractivity (Wildman–Crippen MR) is 79.5 cm³/mol. The summed E-state index contributed by atoms with van der Waals surface area (Å²) in [5, 5.41) is 3.33. The zero-order valence-corrected chi connectivity index (χ0v) is 11.8. The predicted octanol–water partition coefficient (Wildman–Crippen LogP) is 4.74. The minimum atomic E-state index is 0.753. The van der Waals surface area contributed by atoms with Crippen LogP contribution in [0.15, 0.2) is 52.1 Å². The van der Waals surface area contributed by atoms with Crippen molar-refractivity contribution in [2.45, 2.75) is 24.8 Å². The van der Waals surface area contributed by atoms with Crippen molar-refractivity contribution in [2.24, 2.45) is 0 Å². The van der Waals surface area contributed by atoms with E-state index < -0.39 is 0 Å². The van der Waals surface area contributed by atoms with Crippen molar-refractivity contribution >= 4 is 22.5 Å². The Morgan fingerprint density at radius 3 is 2.63 bits per heavy atom. The summed E-state index contributed by atoms with van der Waals surface area (Å²) in [5.41, 5.74) is 2.29. The van der Waals surface area contributed by atoms with E-state index in [1.54, 1.807) is 11.8 Å². The van der Waals surface area contributed by atoms with Crippen LogP contribution in [0, 0.1) is 13.8 Å². The van der Waals surface area contributed by atoms with Gasteiger partial charge in [0.2, 0.25) is 0 Å². The molecule has 3 heteroatoms. The summed E-state index contributed by atoms with van der Waals surface area (Å²) in [6, 6.07) is 14.9. The third-order valence-electron chi connectivity index (χ3n) is 3.24. The van der Waals surface area contributed by atoms with Crippen LogP contribution in [0.25, 0.3) is 10.8 Å². The molecule has 0 saturated heterocycles. The van der Waals surface area contributed by atoms with Crippen LogP contribution in [0.3, 0.4) is 0 Å². The molecular weight excluding hydrogens is 254 g/mol. The fourth-order valence-electron chi connectivity index (χ4n) is 2.06. The normalized spacial score (nSPS) is 11.1. The third-order valence-corrected chi connectivity index (χ3v) is 4.12. The molecule has 0 aliphatic carbocycles. The Morgan fingerprint density at radius 2 is 1.84 bits per heavy atom. The van der Waals surface area contributed by atoms with Crippen LogP contribution in [0.2, 0.25) is 0 Å². The van der Waals surface area contributed by atoms with E-state index in [0.29, 0.717) is 0 Å². The summed E-state index contributed by atoms with van der Waals surface area (Å²) in [7, 11) is 0. The zero-order chi connectivity index (χ0) is 13.2. The van der Waals surface area contributed by atoms with E-state index in [-0.39, 0.29) is 0 Å².